The van der Waals surface area contributed by atoms with Crippen LogP contribution in [-0.4, -0.2) is 27.3 Å². The molecule has 0 aliphatic carbocycles. The fourth-order valence-corrected chi connectivity index (χ4v) is 3.77. The molecule has 3 aromatic rings. The fraction of sp³-hybridized carbons (Fsp3) is 0.273. The van der Waals surface area contributed by atoms with E-state index in [9.17, 15) is 4.79 Å². The summed E-state index contributed by atoms with van der Waals surface area (Å²) in [6, 6.07) is 13.9. The lowest BCUT2D eigenvalue weighted by Gasteiger charge is -2.31. The monoisotopic (exact) mass is 406 g/mol. The van der Waals surface area contributed by atoms with E-state index in [0.717, 1.165) is 27.9 Å². The Morgan fingerprint density at radius 3 is 2.69 bits per heavy atom. The molecular formula is C22H22N4O2S. The quantitative estimate of drug-likeness (QED) is 0.587. The number of rotatable bonds is 3. The zero-order valence-corrected chi connectivity index (χ0v) is 17.7. The molecule has 29 heavy (non-hydrogen) atoms. The number of amides is 1. The molecule has 1 atom stereocenters. The van der Waals surface area contributed by atoms with Gasteiger partial charge in [0.05, 0.1) is 5.69 Å². The first-order chi connectivity index (χ1) is 14.0. The SMILES string of the molecule is CCC(=O)N1c2ccc(C)cc2-c2nnc(SC)nc2OC1c1ccccc1C. The van der Waals surface area contributed by atoms with Gasteiger partial charge < -0.3 is 4.74 Å². The van der Waals surface area contributed by atoms with Gasteiger partial charge in [-0.1, -0.05) is 54.6 Å². The number of carbonyl (C=O) groups is 1. The number of nitrogens with zero attached hydrogens (tertiary/aromatic N) is 4. The number of anilines is 1. The Morgan fingerprint density at radius 2 is 1.97 bits per heavy atom. The lowest BCUT2D eigenvalue weighted by atomic mass is 10.0. The van der Waals surface area contributed by atoms with Gasteiger partial charge in [-0.05, 0) is 37.8 Å². The zero-order chi connectivity index (χ0) is 20.5. The molecule has 2 heterocycles. The van der Waals surface area contributed by atoms with Gasteiger partial charge in [-0.2, -0.15) is 4.98 Å². The van der Waals surface area contributed by atoms with Crippen molar-refractivity contribution in [3.63, 3.8) is 0 Å². The van der Waals surface area contributed by atoms with Crippen LogP contribution in [0.25, 0.3) is 11.3 Å². The molecule has 1 aliphatic rings. The van der Waals surface area contributed by atoms with Crippen molar-refractivity contribution in [2.24, 2.45) is 0 Å². The van der Waals surface area contributed by atoms with Crippen molar-refractivity contribution >= 4 is 23.4 Å². The van der Waals surface area contributed by atoms with Crippen LogP contribution in [0.4, 0.5) is 5.69 Å². The average Bonchev–Trinajstić information content (AvgIpc) is 2.87. The molecule has 1 aromatic heterocycles. The Hall–Kier alpha value is -2.93. The maximum absolute atomic E-state index is 13.1. The second-order valence-electron chi connectivity index (χ2n) is 6.92. The second kappa shape index (κ2) is 7.83. The van der Waals surface area contributed by atoms with E-state index < -0.39 is 6.23 Å². The predicted octanol–water partition coefficient (Wildman–Crippen LogP) is 4.71. The molecule has 0 spiro atoms. The largest absolute Gasteiger partial charge is 0.447 e. The molecule has 0 saturated carbocycles. The van der Waals surface area contributed by atoms with Crippen LogP contribution in [0.1, 0.15) is 36.3 Å². The van der Waals surface area contributed by atoms with E-state index in [1.165, 1.54) is 11.8 Å². The molecule has 1 amide bonds. The van der Waals surface area contributed by atoms with E-state index >= 15 is 0 Å². The van der Waals surface area contributed by atoms with E-state index in [2.05, 4.69) is 15.2 Å². The number of aryl methyl sites for hydroxylation is 2. The number of ether oxygens (including phenoxy) is 1. The summed E-state index contributed by atoms with van der Waals surface area (Å²) in [5.74, 6) is 0.352. The van der Waals surface area contributed by atoms with Crippen LogP contribution < -0.4 is 9.64 Å². The molecule has 7 heteroatoms. The molecule has 1 unspecified atom stereocenters. The summed E-state index contributed by atoms with van der Waals surface area (Å²) >= 11 is 1.40. The molecule has 2 aromatic carbocycles. The summed E-state index contributed by atoms with van der Waals surface area (Å²) in [7, 11) is 0. The Labute approximate surface area is 174 Å². The number of carbonyl (C=O) groups excluding carboxylic acids is 1. The molecule has 0 saturated heterocycles. The van der Waals surface area contributed by atoms with E-state index in [0.29, 0.717) is 23.2 Å². The molecule has 6 nitrogen and oxygen atoms in total. The third-order valence-electron chi connectivity index (χ3n) is 4.97. The summed E-state index contributed by atoms with van der Waals surface area (Å²) in [5, 5.41) is 9.14. The lowest BCUT2D eigenvalue weighted by molar-refractivity contribution is -0.120. The van der Waals surface area contributed by atoms with Crippen LogP contribution in [0.3, 0.4) is 0 Å². The highest BCUT2D eigenvalue weighted by atomic mass is 32.2. The Morgan fingerprint density at radius 1 is 1.17 bits per heavy atom. The van der Waals surface area contributed by atoms with Crippen LogP contribution >= 0.6 is 11.8 Å². The summed E-state index contributed by atoms with van der Waals surface area (Å²) in [6.45, 7) is 5.88. The summed E-state index contributed by atoms with van der Waals surface area (Å²) < 4.78 is 6.40. The predicted molar refractivity (Wildman–Crippen MR) is 114 cm³/mol. The van der Waals surface area contributed by atoms with Crippen molar-refractivity contribution in [3.05, 3.63) is 59.2 Å². The van der Waals surface area contributed by atoms with Gasteiger partial charge in [0.25, 0.3) is 0 Å². The first-order valence-corrected chi connectivity index (χ1v) is 10.7. The minimum absolute atomic E-state index is 0.0331. The molecule has 0 fully saturated rings. The highest BCUT2D eigenvalue weighted by Crippen LogP contribution is 2.44. The van der Waals surface area contributed by atoms with E-state index in [1.54, 1.807) is 4.90 Å². The van der Waals surface area contributed by atoms with Crippen LogP contribution in [0.15, 0.2) is 47.6 Å². The van der Waals surface area contributed by atoms with E-state index in [-0.39, 0.29) is 5.91 Å². The molecule has 0 N–H and O–H groups in total. The van der Waals surface area contributed by atoms with Crippen molar-refractivity contribution < 1.29 is 9.53 Å². The summed E-state index contributed by atoms with van der Waals surface area (Å²) in [6.07, 6.45) is 1.60. The van der Waals surface area contributed by atoms with Gasteiger partial charge >= 0.3 is 0 Å². The van der Waals surface area contributed by atoms with Gasteiger partial charge in [0, 0.05) is 17.5 Å². The molecule has 1 aliphatic heterocycles. The normalized spacial score (nSPS) is 15.2. The van der Waals surface area contributed by atoms with Crippen molar-refractivity contribution in [2.45, 2.75) is 38.6 Å². The van der Waals surface area contributed by atoms with Gasteiger partial charge in [-0.3, -0.25) is 9.69 Å². The van der Waals surface area contributed by atoms with E-state index in [1.807, 2.05) is 69.5 Å². The van der Waals surface area contributed by atoms with Crippen molar-refractivity contribution in [2.75, 3.05) is 11.2 Å². The summed E-state index contributed by atoms with van der Waals surface area (Å²) in [4.78, 5) is 19.4. The molecule has 0 bridgehead atoms. The zero-order valence-electron chi connectivity index (χ0n) is 16.8. The minimum atomic E-state index is -0.641. The smallest absolute Gasteiger partial charge is 0.247 e. The highest BCUT2D eigenvalue weighted by molar-refractivity contribution is 7.98. The molecule has 148 valence electrons. The van der Waals surface area contributed by atoms with Gasteiger partial charge in [0.2, 0.25) is 23.2 Å². The maximum atomic E-state index is 13.1. The Bertz CT molecular complexity index is 1090. The molecule has 4 rings (SSSR count). The number of hydrogen-bond donors (Lipinski definition) is 0. The first kappa shape index (κ1) is 19.4. The van der Waals surface area contributed by atoms with Crippen molar-refractivity contribution in [3.8, 4) is 17.1 Å². The highest BCUT2D eigenvalue weighted by Gasteiger charge is 2.36. The van der Waals surface area contributed by atoms with Crippen LogP contribution in [0.5, 0.6) is 5.88 Å². The number of hydrogen-bond acceptors (Lipinski definition) is 6. The third kappa shape index (κ3) is 3.46. The minimum Gasteiger partial charge on any atom is -0.447 e. The average molecular weight is 407 g/mol. The van der Waals surface area contributed by atoms with Gasteiger partial charge in [0.1, 0.15) is 0 Å². The number of fused-ring (bicyclic) bond motifs is 3. The Balaban J connectivity index is 2.02. The van der Waals surface area contributed by atoms with Crippen LogP contribution in [-0.2, 0) is 4.79 Å². The summed E-state index contributed by atoms with van der Waals surface area (Å²) in [5.41, 5.74) is 5.11. The van der Waals surface area contributed by atoms with Crippen LogP contribution in [0, 0.1) is 13.8 Å². The number of benzene rings is 2. The van der Waals surface area contributed by atoms with Gasteiger partial charge in [-0.25, -0.2) is 0 Å². The second-order valence-corrected chi connectivity index (χ2v) is 7.69. The number of aromatic nitrogens is 3. The first-order valence-electron chi connectivity index (χ1n) is 9.47. The third-order valence-corrected chi connectivity index (χ3v) is 5.51. The van der Waals surface area contributed by atoms with Gasteiger partial charge in [0.15, 0.2) is 5.69 Å². The van der Waals surface area contributed by atoms with Crippen LogP contribution in [0.2, 0.25) is 0 Å². The fourth-order valence-electron chi connectivity index (χ4n) is 3.47. The Kier molecular flexibility index (Phi) is 5.24. The molecular weight excluding hydrogens is 384 g/mol. The topological polar surface area (TPSA) is 68.2 Å². The van der Waals surface area contributed by atoms with Gasteiger partial charge in [-0.15, -0.1) is 10.2 Å². The lowest BCUT2D eigenvalue weighted by Crippen LogP contribution is -2.37. The standard InChI is InChI=1S/C22H22N4O2S/c1-5-18(27)26-17-11-10-13(2)12-16(17)19-20(23-22(29-4)25-24-19)28-21(26)15-9-7-6-8-14(15)3/h6-12,21H,5H2,1-4H3. The maximum Gasteiger partial charge on any atom is 0.247 e. The van der Waals surface area contributed by atoms with Crippen molar-refractivity contribution in [1.29, 1.82) is 0 Å². The molecule has 0 radical (unpaired) electrons. The van der Waals surface area contributed by atoms with Crippen molar-refractivity contribution in [1.82, 2.24) is 15.2 Å². The number of thioether (sulfide) groups is 1. The van der Waals surface area contributed by atoms with E-state index in [4.69, 9.17) is 4.74 Å².